The second-order valence-electron chi connectivity index (χ2n) is 3.65. The first-order chi connectivity index (χ1) is 7.72. The monoisotopic (exact) mass is 280 g/mol. The molecule has 0 atom stereocenters. The first-order valence-corrected chi connectivity index (χ1v) is 5.88. The van der Waals surface area contributed by atoms with E-state index in [2.05, 4.69) is 33.2 Å². The van der Waals surface area contributed by atoms with Gasteiger partial charge in [0.2, 0.25) is 0 Å². The molecule has 4 heteroatoms. The number of rotatable bonds is 3. The Morgan fingerprint density at radius 1 is 1.31 bits per heavy atom. The van der Waals surface area contributed by atoms with Gasteiger partial charge in [0.15, 0.2) is 0 Å². The van der Waals surface area contributed by atoms with Gasteiger partial charge in [-0.15, -0.1) is 0 Å². The number of hydrogen-bond acceptors (Lipinski definition) is 2. The van der Waals surface area contributed by atoms with E-state index >= 15 is 0 Å². The van der Waals surface area contributed by atoms with Crippen LogP contribution in [0.25, 0.3) is 0 Å². The van der Waals surface area contributed by atoms with E-state index in [0.29, 0.717) is 5.69 Å². The molecule has 0 saturated heterocycles. The van der Waals surface area contributed by atoms with E-state index < -0.39 is 0 Å². The molecule has 0 unspecified atom stereocenters. The minimum Gasteiger partial charge on any atom is -0.390 e. The minimum absolute atomic E-state index is 0.0385. The van der Waals surface area contributed by atoms with Crippen molar-refractivity contribution in [2.75, 3.05) is 0 Å². The van der Waals surface area contributed by atoms with Crippen LogP contribution in [0.1, 0.15) is 17.0 Å². The zero-order chi connectivity index (χ0) is 11.5. The van der Waals surface area contributed by atoms with Crippen molar-refractivity contribution in [2.24, 2.45) is 0 Å². The first-order valence-electron chi connectivity index (χ1n) is 5.09. The van der Waals surface area contributed by atoms with Gasteiger partial charge in [0.1, 0.15) is 5.69 Å². The zero-order valence-corrected chi connectivity index (χ0v) is 10.6. The lowest BCUT2D eigenvalue weighted by Crippen LogP contribution is -2.04. The van der Waals surface area contributed by atoms with Gasteiger partial charge >= 0.3 is 0 Å². The van der Waals surface area contributed by atoms with Crippen LogP contribution in [0.2, 0.25) is 0 Å². The molecule has 0 saturated carbocycles. The lowest BCUT2D eigenvalue weighted by molar-refractivity contribution is 0.274. The van der Waals surface area contributed by atoms with Gasteiger partial charge in [0, 0.05) is 0 Å². The lowest BCUT2D eigenvalue weighted by atomic mass is 10.2. The highest BCUT2D eigenvalue weighted by molar-refractivity contribution is 9.10. The van der Waals surface area contributed by atoms with Crippen molar-refractivity contribution in [1.82, 2.24) is 9.78 Å². The summed E-state index contributed by atoms with van der Waals surface area (Å²) >= 11 is 3.43. The Labute approximate surface area is 103 Å². The average molecular weight is 281 g/mol. The van der Waals surface area contributed by atoms with Crippen molar-refractivity contribution >= 4 is 15.9 Å². The highest BCUT2D eigenvalue weighted by Crippen LogP contribution is 2.21. The Morgan fingerprint density at radius 3 is 2.56 bits per heavy atom. The van der Waals surface area contributed by atoms with E-state index in [-0.39, 0.29) is 6.61 Å². The number of nitrogens with zero attached hydrogens (tertiary/aromatic N) is 2. The molecule has 1 N–H and O–H groups in total. The van der Waals surface area contributed by atoms with Crippen LogP contribution in [-0.4, -0.2) is 14.9 Å². The number of benzene rings is 1. The molecule has 0 spiro atoms. The molecule has 0 radical (unpaired) electrons. The van der Waals surface area contributed by atoms with Crippen LogP contribution < -0.4 is 0 Å². The zero-order valence-electron chi connectivity index (χ0n) is 9.02. The van der Waals surface area contributed by atoms with Gasteiger partial charge in [-0.05, 0) is 28.4 Å². The van der Waals surface area contributed by atoms with Gasteiger partial charge in [0.05, 0.1) is 23.3 Å². The van der Waals surface area contributed by atoms with Crippen molar-refractivity contribution in [2.45, 2.75) is 20.1 Å². The largest absolute Gasteiger partial charge is 0.390 e. The number of aliphatic hydroxyl groups excluding tert-OH is 1. The molecule has 0 fully saturated rings. The maximum absolute atomic E-state index is 9.12. The van der Waals surface area contributed by atoms with E-state index in [4.69, 9.17) is 5.11 Å². The van der Waals surface area contributed by atoms with E-state index in [9.17, 15) is 0 Å². The lowest BCUT2D eigenvalue weighted by Gasteiger charge is -2.04. The predicted octanol–water partition coefficient (Wildman–Crippen LogP) is 2.49. The molecule has 84 valence electrons. The van der Waals surface area contributed by atoms with Crippen molar-refractivity contribution in [3.63, 3.8) is 0 Å². The fourth-order valence-corrected chi connectivity index (χ4v) is 2.01. The molecule has 0 aliphatic rings. The van der Waals surface area contributed by atoms with Crippen LogP contribution in [0.3, 0.4) is 0 Å². The summed E-state index contributed by atoms with van der Waals surface area (Å²) in [4.78, 5) is 0. The fraction of sp³-hybridized carbons (Fsp3) is 0.250. The van der Waals surface area contributed by atoms with Gasteiger partial charge in [-0.2, -0.15) is 5.10 Å². The summed E-state index contributed by atoms with van der Waals surface area (Å²) in [6.07, 6.45) is 0. The number of halogens is 1. The summed E-state index contributed by atoms with van der Waals surface area (Å²) in [6, 6.07) is 10.1. The molecule has 0 aliphatic carbocycles. The number of hydrogen-bond donors (Lipinski definition) is 1. The van der Waals surface area contributed by atoms with Gasteiger partial charge in [-0.1, -0.05) is 30.3 Å². The SMILES string of the molecule is Cc1c(Br)c(CO)nn1Cc1ccccc1. The third-order valence-corrected chi connectivity index (χ3v) is 3.56. The Kier molecular flexibility index (Phi) is 3.41. The van der Waals surface area contributed by atoms with Gasteiger partial charge in [-0.25, -0.2) is 0 Å². The van der Waals surface area contributed by atoms with Crippen molar-refractivity contribution in [1.29, 1.82) is 0 Å². The molecule has 1 aromatic heterocycles. The van der Waals surface area contributed by atoms with Gasteiger partial charge < -0.3 is 5.11 Å². The fourth-order valence-electron chi connectivity index (χ4n) is 1.60. The molecule has 0 bridgehead atoms. The topological polar surface area (TPSA) is 38.1 Å². The quantitative estimate of drug-likeness (QED) is 0.938. The third kappa shape index (κ3) is 2.18. The van der Waals surface area contributed by atoms with Gasteiger partial charge in [-0.3, -0.25) is 4.68 Å². The Balaban J connectivity index is 2.29. The minimum atomic E-state index is -0.0385. The van der Waals surface area contributed by atoms with Crippen molar-refractivity contribution in [3.8, 4) is 0 Å². The van der Waals surface area contributed by atoms with E-state index in [1.54, 1.807) is 0 Å². The summed E-state index contributed by atoms with van der Waals surface area (Å²) in [5.74, 6) is 0. The summed E-state index contributed by atoms with van der Waals surface area (Å²) in [7, 11) is 0. The summed E-state index contributed by atoms with van der Waals surface area (Å²) in [6.45, 7) is 2.67. The maximum atomic E-state index is 9.12. The molecular formula is C12H13BrN2O. The molecule has 1 heterocycles. The van der Waals surface area contributed by atoms with Crippen molar-refractivity contribution < 1.29 is 5.11 Å². The van der Waals surface area contributed by atoms with E-state index in [0.717, 1.165) is 16.7 Å². The molecule has 1 aromatic carbocycles. The van der Waals surface area contributed by atoms with Crippen LogP contribution in [0.5, 0.6) is 0 Å². The second-order valence-corrected chi connectivity index (χ2v) is 4.44. The second kappa shape index (κ2) is 4.80. The Hall–Kier alpha value is -1.13. The summed E-state index contributed by atoms with van der Waals surface area (Å²) in [5, 5.41) is 13.5. The van der Waals surface area contributed by atoms with E-state index in [1.165, 1.54) is 5.56 Å². The summed E-state index contributed by atoms with van der Waals surface area (Å²) in [5.41, 5.74) is 2.92. The Morgan fingerprint density at radius 2 is 2.00 bits per heavy atom. The molecule has 3 nitrogen and oxygen atoms in total. The third-order valence-electron chi connectivity index (χ3n) is 2.52. The number of aromatic nitrogens is 2. The number of aliphatic hydroxyl groups is 1. The van der Waals surface area contributed by atoms with Crippen LogP contribution in [0.4, 0.5) is 0 Å². The molecule has 16 heavy (non-hydrogen) atoms. The highest BCUT2D eigenvalue weighted by atomic mass is 79.9. The average Bonchev–Trinajstić information content (AvgIpc) is 2.58. The maximum Gasteiger partial charge on any atom is 0.102 e. The van der Waals surface area contributed by atoms with Crippen LogP contribution in [0, 0.1) is 6.92 Å². The van der Waals surface area contributed by atoms with E-state index in [1.807, 2.05) is 29.8 Å². The standard InChI is InChI=1S/C12H13BrN2O/c1-9-12(13)11(8-16)14-15(9)7-10-5-3-2-4-6-10/h2-6,16H,7-8H2,1H3. The normalized spacial score (nSPS) is 10.7. The molecular weight excluding hydrogens is 268 g/mol. The molecule has 0 aliphatic heterocycles. The smallest absolute Gasteiger partial charge is 0.102 e. The van der Waals surface area contributed by atoms with Crippen LogP contribution in [0.15, 0.2) is 34.8 Å². The highest BCUT2D eigenvalue weighted by Gasteiger charge is 2.11. The van der Waals surface area contributed by atoms with Crippen LogP contribution >= 0.6 is 15.9 Å². The van der Waals surface area contributed by atoms with Gasteiger partial charge in [0.25, 0.3) is 0 Å². The molecule has 2 aromatic rings. The first kappa shape index (κ1) is 11.4. The molecule has 0 amide bonds. The summed E-state index contributed by atoms with van der Waals surface area (Å²) < 4.78 is 2.79. The van der Waals surface area contributed by atoms with Crippen LogP contribution in [-0.2, 0) is 13.2 Å². The Bertz CT molecular complexity index is 479. The van der Waals surface area contributed by atoms with Crippen molar-refractivity contribution in [3.05, 3.63) is 51.8 Å². The molecule has 2 rings (SSSR count). The predicted molar refractivity (Wildman–Crippen MR) is 66.1 cm³/mol.